The summed E-state index contributed by atoms with van der Waals surface area (Å²) in [6.07, 6.45) is 0.890. The number of carbonyl (C=O) groups is 1. The Morgan fingerprint density at radius 3 is 3.00 bits per heavy atom. The van der Waals surface area contributed by atoms with Gasteiger partial charge in [-0.1, -0.05) is 6.07 Å². The zero-order valence-electron chi connectivity index (χ0n) is 11.5. The fraction of sp³-hybridized carbons (Fsp3) is 0.333. The molecule has 0 unspecified atom stereocenters. The largest absolute Gasteiger partial charge is 0.375 e. The maximum Gasteiger partial charge on any atom is 0.251 e. The normalized spacial score (nSPS) is 13.9. The number of hydrogen-bond acceptors (Lipinski definition) is 4. The van der Waals surface area contributed by atoms with Crippen molar-refractivity contribution in [3.05, 3.63) is 39.9 Å². The van der Waals surface area contributed by atoms with Gasteiger partial charge in [-0.15, -0.1) is 11.3 Å². The predicted molar refractivity (Wildman–Crippen MR) is 79.0 cm³/mol. The third-order valence-electron chi connectivity index (χ3n) is 3.44. The lowest BCUT2D eigenvalue weighted by molar-refractivity contribution is 0.0962. The summed E-state index contributed by atoms with van der Waals surface area (Å²) in [4.78, 5) is 17.6. The summed E-state index contributed by atoms with van der Waals surface area (Å²) in [5.74, 6) is -0.0547. The fourth-order valence-electron chi connectivity index (χ4n) is 2.33. The minimum absolute atomic E-state index is 0.0547. The van der Waals surface area contributed by atoms with Crippen LogP contribution in [0.2, 0.25) is 0 Å². The van der Waals surface area contributed by atoms with E-state index in [9.17, 15) is 4.79 Å². The molecule has 1 amide bonds. The van der Waals surface area contributed by atoms with Gasteiger partial charge in [-0.3, -0.25) is 4.79 Å². The maximum absolute atomic E-state index is 11.7. The van der Waals surface area contributed by atoms with Crippen LogP contribution in [0.4, 0.5) is 0 Å². The van der Waals surface area contributed by atoms with Crippen molar-refractivity contribution in [3.8, 4) is 10.6 Å². The average molecular weight is 288 g/mol. The molecule has 0 atom stereocenters. The molecule has 104 valence electrons. The van der Waals surface area contributed by atoms with Crippen molar-refractivity contribution < 1.29 is 9.53 Å². The third-order valence-corrected chi connectivity index (χ3v) is 4.56. The van der Waals surface area contributed by atoms with Crippen LogP contribution in [0.5, 0.6) is 0 Å². The molecule has 0 radical (unpaired) electrons. The SMILES string of the molecule is CNC(=O)c1ccc(-c2nc3c(s2)COCC3)cc1C. The fourth-order valence-corrected chi connectivity index (χ4v) is 3.38. The van der Waals surface area contributed by atoms with Gasteiger partial charge in [0.25, 0.3) is 5.91 Å². The number of nitrogens with zero attached hydrogens (tertiary/aromatic N) is 1. The molecule has 5 heteroatoms. The van der Waals surface area contributed by atoms with Crippen molar-refractivity contribution in [2.24, 2.45) is 0 Å². The summed E-state index contributed by atoms with van der Waals surface area (Å²) >= 11 is 1.68. The highest BCUT2D eigenvalue weighted by atomic mass is 32.1. The monoisotopic (exact) mass is 288 g/mol. The van der Waals surface area contributed by atoms with Crippen LogP contribution < -0.4 is 5.32 Å². The molecule has 0 aliphatic carbocycles. The maximum atomic E-state index is 11.7. The van der Waals surface area contributed by atoms with Crippen LogP contribution in [0.1, 0.15) is 26.5 Å². The van der Waals surface area contributed by atoms with E-state index in [0.717, 1.165) is 34.9 Å². The topological polar surface area (TPSA) is 51.2 Å². The molecule has 0 spiro atoms. The van der Waals surface area contributed by atoms with Crippen molar-refractivity contribution in [2.75, 3.05) is 13.7 Å². The van der Waals surface area contributed by atoms with Crippen LogP contribution in [0.25, 0.3) is 10.6 Å². The van der Waals surface area contributed by atoms with E-state index in [0.29, 0.717) is 12.2 Å². The molecule has 3 rings (SSSR count). The molecule has 0 saturated carbocycles. The zero-order valence-corrected chi connectivity index (χ0v) is 12.3. The van der Waals surface area contributed by atoms with Crippen molar-refractivity contribution >= 4 is 17.2 Å². The number of benzene rings is 1. The molecule has 0 fully saturated rings. The Bertz CT molecular complexity index is 640. The standard InChI is InChI=1S/C15H16N2O2S/c1-9-7-10(3-4-11(9)14(18)16-2)15-17-12-5-6-19-8-13(12)20-15/h3-4,7H,5-6,8H2,1-2H3,(H,16,18). The average Bonchev–Trinajstić information content (AvgIpc) is 2.90. The number of fused-ring (bicyclic) bond motifs is 1. The first kappa shape index (κ1) is 13.3. The zero-order chi connectivity index (χ0) is 14.1. The third kappa shape index (κ3) is 2.34. The summed E-state index contributed by atoms with van der Waals surface area (Å²) in [5, 5.41) is 3.66. The highest BCUT2D eigenvalue weighted by Gasteiger charge is 2.17. The van der Waals surface area contributed by atoms with Crippen LogP contribution in [-0.2, 0) is 17.8 Å². The smallest absolute Gasteiger partial charge is 0.251 e. The minimum Gasteiger partial charge on any atom is -0.375 e. The molecule has 2 heterocycles. The minimum atomic E-state index is -0.0547. The van der Waals surface area contributed by atoms with Gasteiger partial charge in [-0.25, -0.2) is 4.98 Å². The number of amides is 1. The summed E-state index contributed by atoms with van der Waals surface area (Å²) in [6, 6.07) is 5.85. The van der Waals surface area contributed by atoms with Crippen LogP contribution in [0.15, 0.2) is 18.2 Å². The van der Waals surface area contributed by atoms with Crippen molar-refractivity contribution in [1.82, 2.24) is 10.3 Å². The second-order valence-corrected chi connectivity index (χ2v) is 5.88. The van der Waals surface area contributed by atoms with Crippen molar-refractivity contribution in [3.63, 3.8) is 0 Å². The van der Waals surface area contributed by atoms with Crippen LogP contribution in [0, 0.1) is 6.92 Å². The number of nitrogens with one attached hydrogen (secondary N) is 1. The van der Waals surface area contributed by atoms with E-state index >= 15 is 0 Å². The molecular weight excluding hydrogens is 272 g/mol. The predicted octanol–water partition coefficient (Wildman–Crippen LogP) is 2.55. The lowest BCUT2D eigenvalue weighted by Gasteiger charge is -2.08. The van der Waals surface area contributed by atoms with Crippen molar-refractivity contribution in [1.29, 1.82) is 0 Å². The number of rotatable bonds is 2. The van der Waals surface area contributed by atoms with Crippen LogP contribution in [0.3, 0.4) is 0 Å². The van der Waals surface area contributed by atoms with E-state index in [-0.39, 0.29) is 5.91 Å². The van der Waals surface area contributed by atoms with E-state index < -0.39 is 0 Å². The summed E-state index contributed by atoms with van der Waals surface area (Å²) < 4.78 is 5.45. The van der Waals surface area contributed by atoms with E-state index in [1.807, 2.05) is 25.1 Å². The first-order valence-corrected chi connectivity index (χ1v) is 7.40. The van der Waals surface area contributed by atoms with Gasteiger partial charge in [0.05, 0.1) is 23.8 Å². The molecule has 4 nitrogen and oxygen atoms in total. The number of aromatic nitrogens is 1. The second-order valence-electron chi connectivity index (χ2n) is 4.80. The summed E-state index contributed by atoms with van der Waals surface area (Å²) in [5.41, 5.74) is 3.89. The molecule has 0 bridgehead atoms. The Balaban J connectivity index is 1.96. The molecule has 1 aromatic carbocycles. The Labute approximate surface area is 121 Å². The molecular formula is C15H16N2O2S. The first-order valence-electron chi connectivity index (χ1n) is 6.58. The Morgan fingerprint density at radius 1 is 1.45 bits per heavy atom. The summed E-state index contributed by atoms with van der Waals surface area (Å²) in [7, 11) is 1.64. The lowest BCUT2D eigenvalue weighted by Crippen LogP contribution is -2.18. The Morgan fingerprint density at radius 2 is 2.30 bits per heavy atom. The van der Waals surface area contributed by atoms with Gasteiger partial charge < -0.3 is 10.1 Å². The van der Waals surface area contributed by atoms with Gasteiger partial charge in [0.15, 0.2) is 0 Å². The Kier molecular flexibility index (Phi) is 3.54. The van der Waals surface area contributed by atoms with Gasteiger partial charge in [0, 0.05) is 24.6 Å². The first-order chi connectivity index (χ1) is 9.69. The lowest BCUT2D eigenvalue weighted by atomic mass is 10.0. The van der Waals surface area contributed by atoms with E-state index in [4.69, 9.17) is 9.72 Å². The van der Waals surface area contributed by atoms with Gasteiger partial charge in [-0.2, -0.15) is 0 Å². The number of aryl methyl sites for hydroxylation is 1. The van der Waals surface area contributed by atoms with Gasteiger partial charge >= 0.3 is 0 Å². The van der Waals surface area contributed by atoms with E-state index in [1.54, 1.807) is 18.4 Å². The van der Waals surface area contributed by atoms with E-state index in [1.165, 1.54) is 4.88 Å². The highest BCUT2D eigenvalue weighted by Crippen LogP contribution is 2.31. The van der Waals surface area contributed by atoms with Crippen molar-refractivity contribution in [2.45, 2.75) is 20.0 Å². The number of carbonyl (C=O) groups excluding carboxylic acids is 1. The van der Waals surface area contributed by atoms with Crippen LogP contribution >= 0.6 is 11.3 Å². The summed E-state index contributed by atoms with van der Waals surface area (Å²) in [6.45, 7) is 3.37. The number of hydrogen-bond donors (Lipinski definition) is 1. The van der Waals surface area contributed by atoms with E-state index in [2.05, 4.69) is 5.32 Å². The highest BCUT2D eigenvalue weighted by molar-refractivity contribution is 7.15. The molecule has 1 aliphatic heterocycles. The molecule has 0 saturated heterocycles. The van der Waals surface area contributed by atoms with Gasteiger partial charge in [-0.05, 0) is 24.6 Å². The molecule has 1 N–H and O–H groups in total. The van der Waals surface area contributed by atoms with Gasteiger partial charge in [0.1, 0.15) is 5.01 Å². The van der Waals surface area contributed by atoms with Gasteiger partial charge in [0.2, 0.25) is 0 Å². The molecule has 1 aromatic heterocycles. The molecule has 2 aromatic rings. The number of thiazole rings is 1. The second kappa shape index (κ2) is 5.34. The number of ether oxygens (including phenoxy) is 1. The van der Waals surface area contributed by atoms with Crippen LogP contribution in [-0.4, -0.2) is 24.5 Å². The molecule has 1 aliphatic rings. The Hall–Kier alpha value is -1.72. The quantitative estimate of drug-likeness (QED) is 0.924. The molecule has 20 heavy (non-hydrogen) atoms.